The Balaban J connectivity index is 0.00000320. The smallest absolute Gasteiger partial charge is 0.191 e. The van der Waals surface area contributed by atoms with Crippen molar-refractivity contribution in [3.8, 4) is 0 Å². The van der Waals surface area contributed by atoms with Gasteiger partial charge in [0.05, 0.1) is 25.8 Å². The molecule has 3 rings (SSSR count). The van der Waals surface area contributed by atoms with Gasteiger partial charge >= 0.3 is 0 Å². The van der Waals surface area contributed by atoms with Crippen molar-refractivity contribution in [1.29, 1.82) is 0 Å². The number of aliphatic imine (C=N–C) groups is 1. The van der Waals surface area contributed by atoms with E-state index in [1.54, 1.807) is 0 Å². The van der Waals surface area contributed by atoms with Crippen molar-refractivity contribution in [3.63, 3.8) is 0 Å². The van der Waals surface area contributed by atoms with E-state index in [1.165, 1.54) is 18.4 Å². The molecule has 2 fully saturated rings. The van der Waals surface area contributed by atoms with Crippen molar-refractivity contribution in [2.45, 2.75) is 32.2 Å². The molecule has 0 amide bonds. The maximum atomic E-state index is 6.27. The highest BCUT2D eigenvalue weighted by molar-refractivity contribution is 14.0. The van der Waals surface area contributed by atoms with Crippen molar-refractivity contribution in [2.75, 3.05) is 65.6 Å². The van der Waals surface area contributed by atoms with Crippen molar-refractivity contribution in [2.24, 2.45) is 4.99 Å². The van der Waals surface area contributed by atoms with Gasteiger partial charge in [0.15, 0.2) is 5.96 Å². The minimum absolute atomic E-state index is 0. The predicted octanol–water partition coefficient (Wildman–Crippen LogP) is 3.37. The van der Waals surface area contributed by atoms with Gasteiger partial charge < -0.3 is 15.4 Å². The molecule has 2 N–H and O–H groups in total. The van der Waals surface area contributed by atoms with Gasteiger partial charge in [-0.15, -0.1) is 24.0 Å². The molecule has 0 spiro atoms. The molecule has 8 heteroatoms. The summed E-state index contributed by atoms with van der Waals surface area (Å²) in [4.78, 5) is 9.93. The summed E-state index contributed by atoms with van der Waals surface area (Å²) >= 11 is 6.27. The van der Waals surface area contributed by atoms with Crippen molar-refractivity contribution in [3.05, 3.63) is 34.9 Å². The molecule has 1 aromatic rings. The maximum Gasteiger partial charge on any atom is 0.191 e. The van der Waals surface area contributed by atoms with Gasteiger partial charge in [0.2, 0.25) is 0 Å². The second-order valence-corrected chi connectivity index (χ2v) is 8.20. The zero-order chi connectivity index (χ0) is 20.3. The molecule has 2 aliphatic heterocycles. The quantitative estimate of drug-likeness (QED) is 0.214. The molecule has 0 saturated carbocycles. The number of ether oxygens (including phenoxy) is 1. The van der Waals surface area contributed by atoms with Gasteiger partial charge in [-0.05, 0) is 63.5 Å². The van der Waals surface area contributed by atoms with Crippen LogP contribution in [0.2, 0.25) is 5.02 Å². The van der Waals surface area contributed by atoms with Crippen LogP contribution >= 0.6 is 35.6 Å². The Hall–Kier alpha value is -0.610. The van der Waals surface area contributed by atoms with Gasteiger partial charge in [0.25, 0.3) is 0 Å². The van der Waals surface area contributed by atoms with Crippen molar-refractivity contribution in [1.82, 2.24) is 20.4 Å². The van der Waals surface area contributed by atoms with Crippen LogP contribution in [0.25, 0.3) is 0 Å². The van der Waals surface area contributed by atoms with E-state index >= 15 is 0 Å². The second-order valence-electron chi connectivity index (χ2n) is 7.77. The number of guanidine groups is 1. The van der Waals surface area contributed by atoms with E-state index in [-0.39, 0.29) is 30.0 Å². The van der Waals surface area contributed by atoms with Gasteiger partial charge in [-0.25, -0.2) is 0 Å². The monoisotopic (exact) mass is 549 g/mol. The predicted molar refractivity (Wildman–Crippen MR) is 136 cm³/mol. The highest BCUT2D eigenvalue weighted by Crippen LogP contribution is 2.27. The van der Waals surface area contributed by atoms with Gasteiger partial charge in [-0.3, -0.25) is 14.8 Å². The Morgan fingerprint density at radius 2 is 1.93 bits per heavy atom. The van der Waals surface area contributed by atoms with Gasteiger partial charge in [-0.2, -0.15) is 0 Å². The largest absolute Gasteiger partial charge is 0.379 e. The lowest BCUT2D eigenvalue weighted by Crippen LogP contribution is -2.41. The first kappa shape index (κ1) is 25.6. The first-order valence-electron chi connectivity index (χ1n) is 11.1. The molecule has 1 unspecified atom stereocenters. The molecule has 0 radical (unpaired) electrons. The molecule has 30 heavy (non-hydrogen) atoms. The molecular weight excluding hydrogens is 513 g/mol. The molecule has 6 nitrogen and oxygen atoms in total. The third-order valence-electron chi connectivity index (χ3n) is 5.63. The Morgan fingerprint density at radius 3 is 2.63 bits per heavy atom. The summed E-state index contributed by atoms with van der Waals surface area (Å²) in [6, 6.07) is 8.52. The highest BCUT2D eigenvalue weighted by atomic mass is 127. The van der Waals surface area contributed by atoms with Crippen LogP contribution in [0.4, 0.5) is 0 Å². The van der Waals surface area contributed by atoms with Crippen LogP contribution in [-0.4, -0.2) is 81.3 Å². The second kappa shape index (κ2) is 14.5. The Bertz CT molecular complexity index is 636. The van der Waals surface area contributed by atoms with E-state index in [0.717, 1.165) is 83.0 Å². The summed E-state index contributed by atoms with van der Waals surface area (Å²) in [6.07, 6.45) is 3.63. The van der Waals surface area contributed by atoms with Gasteiger partial charge in [-0.1, -0.05) is 23.7 Å². The molecule has 0 bridgehead atoms. The fourth-order valence-electron chi connectivity index (χ4n) is 4.05. The molecular formula is C22H37ClIN5O. The Labute approximate surface area is 203 Å². The van der Waals surface area contributed by atoms with Crippen LogP contribution in [0.3, 0.4) is 0 Å². The number of nitrogens with one attached hydrogen (secondary N) is 2. The SMILES string of the molecule is CCNC(=NCC(c1cccc(Cl)c1)N1CCCC1)NCCCN1CCOCC1.I. The lowest BCUT2D eigenvalue weighted by Gasteiger charge is -2.27. The number of nitrogens with zero attached hydrogens (tertiary/aromatic N) is 3. The van der Waals surface area contributed by atoms with E-state index < -0.39 is 0 Å². The fraction of sp³-hybridized carbons (Fsp3) is 0.682. The molecule has 2 heterocycles. The summed E-state index contributed by atoms with van der Waals surface area (Å²) in [5.41, 5.74) is 1.26. The van der Waals surface area contributed by atoms with Gasteiger partial charge in [0, 0.05) is 31.2 Å². The van der Waals surface area contributed by atoms with Crippen LogP contribution in [-0.2, 0) is 4.74 Å². The number of benzene rings is 1. The van der Waals surface area contributed by atoms with Crippen molar-refractivity contribution >= 4 is 41.5 Å². The Morgan fingerprint density at radius 1 is 1.17 bits per heavy atom. The highest BCUT2D eigenvalue weighted by Gasteiger charge is 2.23. The first-order valence-corrected chi connectivity index (χ1v) is 11.5. The third kappa shape index (κ3) is 8.49. The lowest BCUT2D eigenvalue weighted by molar-refractivity contribution is 0.0376. The third-order valence-corrected chi connectivity index (χ3v) is 5.86. The van der Waals surface area contributed by atoms with Crippen molar-refractivity contribution < 1.29 is 4.74 Å². The lowest BCUT2D eigenvalue weighted by atomic mass is 10.1. The standard InChI is InChI=1S/C22H36ClN5O.HI/c1-2-24-22(25-9-6-10-27-13-15-29-16-14-27)26-18-21(28-11-3-4-12-28)19-7-5-8-20(23)17-19;/h5,7-8,17,21H,2-4,6,9-16,18H2,1H3,(H2,24,25,26);1H. The van der Waals surface area contributed by atoms with Crippen LogP contribution in [0.15, 0.2) is 29.3 Å². The van der Waals surface area contributed by atoms with E-state index in [9.17, 15) is 0 Å². The van der Waals surface area contributed by atoms with E-state index in [0.29, 0.717) is 0 Å². The average molecular weight is 550 g/mol. The normalized spacial score (nSPS) is 19.3. The van der Waals surface area contributed by atoms with Crippen LogP contribution < -0.4 is 10.6 Å². The van der Waals surface area contributed by atoms with E-state index in [2.05, 4.69) is 39.5 Å². The molecule has 0 aromatic heterocycles. The molecule has 170 valence electrons. The summed E-state index contributed by atoms with van der Waals surface area (Å²) in [7, 11) is 0. The number of likely N-dealkylation sites (tertiary alicyclic amines) is 1. The molecule has 2 aliphatic rings. The fourth-order valence-corrected chi connectivity index (χ4v) is 4.25. The maximum absolute atomic E-state index is 6.27. The van der Waals surface area contributed by atoms with E-state index in [1.807, 2.05) is 12.1 Å². The first-order chi connectivity index (χ1) is 14.3. The topological polar surface area (TPSA) is 52.1 Å². The number of hydrogen-bond donors (Lipinski definition) is 2. The summed E-state index contributed by atoms with van der Waals surface area (Å²) in [5, 5.41) is 7.69. The average Bonchev–Trinajstić information content (AvgIpc) is 3.26. The minimum atomic E-state index is 0. The van der Waals surface area contributed by atoms with Crippen LogP contribution in [0.1, 0.15) is 37.8 Å². The number of hydrogen-bond acceptors (Lipinski definition) is 4. The number of rotatable bonds is 9. The Kier molecular flexibility index (Phi) is 12.4. The number of halogens is 2. The molecule has 2 saturated heterocycles. The minimum Gasteiger partial charge on any atom is -0.379 e. The van der Waals surface area contributed by atoms with Gasteiger partial charge in [0.1, 0.15) is 0 Å². The summed E-state index contributed by atoms with van der Waals surface area (Å²) in [5.74, 6) is 0.903. The summed E-state index contributed by atoms with van der Waals surface area (Å²) in [6.45, 7) is 11.8. The van der Waals surface area contributed by atoms with Crippen LogP contribution in [0.5, 0.6) is 0 Å². The molecule has 0 aliphatic carbocycles. The summed E-state index contributed by atoms with van der Waals surface area (Å²) < 4.78 is 5.42. The zero-order valence-corrected chi connectivity index (χ0v) is 21.2. The molecule has 1 atom stereocenters. The van der Waals surface area contributed by atoms with E-state index in [4.69, 9.17) is 21.3 Å². The number of morpholine rings is 1. The molecule has 1 aromatic carbocycles. The van der Waals surface area contributed by atoms with Crippen LogP contribution in [0, 0.1) is 0 Å². The zero-order valence-electron chi connectivity index (χ0n) is 18.1.